The summed E-state index contributed by atoms with van der Waals surface area (Å²) in [5, 5.41) is 3.79. The molecule has 1 fully saturated rings. The van der Waals surface area contributed by atoms with Crippen LogP contribution >= 0.6 is 11.6 Å². The summed E-state index contributed by atoms with van der Waals surface area (Å²) in [7, 11) is 0. The van der Waals surface area contributed by atoms with Crippen LogP contribution < -0.4 is 10.2 Å². The van der Waals surface area contributed by atoms with Gasteiger partial charge >= 0.3 is 6.18 Å². The molecule has 1 aromatic rings. The molecule has 0 amide bonds. The molecule has 1 saturated carbocycles. The van der Waals surface area contributed by atoms with Gasteiger partial charge < -0.3 is 10.2 Å². The molecule has 118 valence electrons. The van der Waals surface area contributed by atoms with Crippen molar-refractivity contribution in [3.05, 3.63) is 28.8 Å². The Morgan fingerprint density at radius 2 is 2.00 bits per heavy atom. The lowest BCUT2D eigenvalue weighted by Crippen LogP contribution is -2.40. The molecule has 0 atom stereocenters. The van der Waals surface area contributed by atoms with E-state index in [2.05, 4.69) is 5.32 Å². The summed E-state index contributed by atoms with van der Waals surface area (Å²) in [5.74, 6) is 0. The maximum atomic E-state index is 12.8. The van der Waals surface area contributed by atoms with E-state index in [1.165, 1.54) is 4.90 Å². The molecule has 0 aromatic heterocycles. The van der Waals surface area contributed by atoms with Crippen LogP contribution in [-0.4, -0.2) is 24.8 Å². The quantitative estimate of drug-likeness (QED) is 0.837. The van der Waals surface area contributed by atoms with Crippen molar-refractivity contribution in [3.63, 3.8) is 0 Å². The molecule has 6 heteroatoms. The van der Waals surface area contributed by atoms with Gasteiger partial charge in [0.2, 0.25) is 0 Å². The van der Waals surface area contributed by atoms with E-state index in [-0.39, 0.29) is 6.04 Å². The first-order chi connectivity index (χ1) is 9.76. The summed E-state index contributed by atoms with van der Waals surface area (Å²) in [4.78, 5) is 1.36. The third kappa shape index (κ3) is 5.08. The third-order valence-electron chi connectivity index (χ3n) is 3.49. The highest BCUT2D eigenvalue weighted by Crippen LogP contribution is 2.30. The highest BCUT2D eigenvalue weighted by atomic mass is 35.5. The van der Waals surface area contributed by atoms with Gasteiger partial charge in [-0.1, -0.05) is 17.7 Å². The summed E-state index contributed by atoms with van der Waals surface area (Å²) in [5.41, 5.74) is 1.41. The number of alkyl halides is 3. The molecule has 1 aromatic carbocycles. The minimum atomic E-state index is -4.24. The number of nitrogens with zero attached hydrogens (tertiary/aromatic N) is 1. The first-order valence-electron chi connectivity index (χ1n) is 7.11. The van der Waals surface area contributed by atoms with Crippen molar-refractivity contribution in [2.45, 2.75) is 51.5 Å². The molecule has 0 heterocycles. The summed E-state index contributed by atoms with van der Waals surface area (Å²) >= 11 is 5.98. The fraction of sp³-hybridized carbons (Fsp3) is 0.600. The van der Waals surface area contributed by atoms with Gasteiger partial charge in [0.05, 0.1) is 0 Å². The van der Waals surface area contributed by atoms with Gasteiger partial charge in [-0.3, -0.25) is 0 Å². The van der Waals surface area contributed by atoms with Crippen LogP contribution in [0.15, 0.2) is 18.2 Å². The van der Waals surface area contributed by atoms with Gasteiger partial charge in [-0.2, -0.15) is 13.2 Å². The number of rotatable bonds is 6. The van der Waals surface area contributed by atoms with E-state index in [1.807, 2.05) is 0 Å². The topological polar surface area (TPSA) is 15.3 Å². The number of anilines is 1. The maximum Gasteiger partial charge on any atom is 0.405 e. The second-order valence-electron chi connectivity index (χ2n) is 5.77. The molecule has 1 aliphatic carbocycles. The molecule has 2 rings (SSSR count). The number of benzene rings is 1. The van der Waals surface area contributed by atoms with Crippen molar-refractivity contribution in [1.29, 1.82) is 0 Å². The summed E-state index contributed by atoms with van der Waals surface area (Å²) in [6, 6.07) is 5.39. The molecular formula is C15H20ClF3N2. The van der Waals surface area contributed by atoms with Crippen LogP contribution in [0.2, 0.25) is 5.02 Å². The number of halogens is 4. The lowest BCUT2D eigenvalue weighted by atomic mass is 10.1. The van der Waals surface area contributed by atoms with E-state index in [0.29, 0.717) is 23.3 Å². The smallest absolute Gasteiger partial charge is 0.360 e. The number of nitrogens with one attached hydrogen (secondary N) is 1. The minimum absolute atomic E-state index is 0.259. The lowest BCUT2D eigenvalue weighted by molar-refractivity contribution is -0.120. The SMILES string of the molecule is CC(C)N(CC(F)(F)F)c1cc(Cl)ccc1CNC1CC1. The Morgan fingerprint density at radius 3 is 2.52 bits per heavy atom. The fourth-order valence-electron chi connectivity index (χ4n) is 2.23. The van der Waals surface area contributed by atoms with E-state index >= 15 is 0 Å². The molecule has 0 spiro atoms. The van der Waals surface area contributed by atoms with E-state index in [4.69, 9.17) is 11.6 Å². The van der Waals surface area contributed by atoms with Gasteiger partial charge in [0.25, 0.3) is 0 Å². The number of hydrogen-bond donors (Lipinski definition) is 1. The molecular weight excluding hydrogens is 301 g/mol. The van der Waals surface area contributed by atoms with Crippen LogP contribution in [0.25, 0.3) is 0 Å². The molecule has 2 nitrogen and oxygen atoms in total. The second-order valence-corrected chi connectivity index (χ2v) is 6.20. The average Bonchev–Trinajstić information content (AvgIpc) is 3.17. The number of hydrogen-bond acceptors (Lipinski definition) is 2. The van der Waals surface area contributed by atoms with Crippen LogP contribution in [-0.2, 0) is 6.54 Å². The zero-order chi connectivity index (χ0) is 15.6. The first-order valence-corrected chi connectivity index (χ1v) is 7.49. The molecule has 0 radical (unpaired) electrons. The predicted octanol–water partition coefficient (Wildman–Crippen LogP) is 4.37. The van der Waals surface area contributed by atoms with E-state index < -0.39 is 12.7 Å². The summed E-state index contributed by atoms with van der Waals surface area (Å²) in [6.45, 7) is 3.11. The maximum absolute atomic E-state index is 12.8. The Bertz CT molecular complexity index is 484. The molecule has 0 saturated heterocycles. The minimum Gasteiger partial charge on any atom is -0.360 e. The molecule has 21 heavy (non-hydrogen) atoms. The van der Waals surface area contributed by atoms with Crippen molar-refractivity contribution in [1.82, 2.24) is 5.32 Å². The van der Waals surface area contributed by atoms with Gasteiger partial charge in [0.1, 0.15) is 6.54 Å². The van der Waals surface area contributed by atoms with Crippen molar-refractivity contribution < 1.29 is 13.2 Å². The standard InChI is InChI=1S/C15H20ClF3N2/c1-10(2)21(9-15(17,18)19)14-7-12(16)4-3-11(14)8-20-13-5-6-13/h3-4,7,10,13,20H,5-6,8-9H2,1-2H3. The second kappa shape index (κ2) is 6.44. The Labute approximate surface area is 128 Å². The fourth-order valence-corrected chi connectivity index (χ4v) is 2.40. The van der Waals surface area contributed by atoms with Gasteiger partial charge in [0, 0.05) is 29.3 Å². The normalized spacial score (nSPS) is 15.6. The van der Waals surface area contributed by atoms with Crippen molar-refractivity contribution >= 4 is 17.3 Å². The van der Waals surface area contributed by atoms with Crippen LogP contribution in [0.5, 0.6) is 0 Å². The summed E-state index contributed by atoms with van der Waals surface area (Å²) < 4.78 is 38.5. The zero-order valence-electron chi connectivity index (χ0n) is 12.2. The Morgan fingerprint density at radius 1 is 1.33 bits per heavy atom. The monoisotopic (exact) mass is 320 g/mol. The zero-order valence-corrected chi connectivity index (χ0v) is 12.9. The Balaban J connectivity index is 2.25. The van der Waals surface area contributed by atoms with Gasteiger partial charge in [-0.05, 0) is 44.4 Å². The van der Waals surface area contributed by atoms with Gasteiger partial charge in [-0.15, -0.1) is 0 Å². The van der Waals surface area contributed by atoms with E-state index in [0.717, 1.165) is 18.4 Å². The Hall–Kier alpha value is -0.940. The summed E-state index contributed by atoms with van der Waals surface area (Å²) in [6.07, 6.45) is -1.97. The van der Waals surface area contributed by atoms with Crippen LogP contribution in [0.4, 0.5) is 18.9 Å². The van der Waals surface area contributed by atoms with E-state index in [9.17, 15) is 13.2 Å². The van der Waals surface area contributed by atoms with Crippen LogP contribution in [0.1, 0.15) is 32.3 Å². The van der Waals surface area contributed by atoms with Gasteiger partial charge in [0.15, 0.2) is 0 Å². The largest absolute Gasteiger partial charge is 0.405 e. The van der Waals surface area contributed by atoms with Crippen molar-refractivity contribution in [2.24, 2.45) is 0 Å². The highest BCUT2D eigenvalue weighted by Gasteiger charge is 2.33. The van der Waals surface area contributed by atoms with Crippen LogP contribution in [0.3, 0.4) is 0 Å². The Kier molecular flexibility index (Phi) is 5.04. The van der Waals surface area contributed by atoms with Crippen molar-refractivity contribution in [2.75, 3.05) is 11.4 Å². The third-order valence-corrected chi connectivity index (χ3v) is 3.72. The molecule has 0 bridgehead atoms. The lowest BCUT2D eigenvalue weighted by Gasteiger charge is -2.32. The average molecular weight is 321 g/mol. The molecule has 0 unspecified atom stereocenters. The highest BCUT2D eigenvalue weighted by molar-refractivity contribution is 6.30. The van der Waals surface area contributed by atoms with Crippen molar-refractivity contribution in [3.8, 4) is 0 Å². The van der Waals surface area contributed by atoms with Gasteiger partial charge in [-0.25, -0.2) is 0 Å². The molecule has 1 aliphatic rings. The molecule has 0 aliphatic heterocycles. The predicted molar refractivity (Wildman–Crippen MR) is 79.9 cm³/mol. The first kappa shape index (κ1) is 16.4. The molecule has 1 N–H and O–H groups in total. The van der Waals surface area contributed by atoms with Crippen LogP contribution in [0, 0.1) is 0 Å². The van der Waals surface area contributed by atoms with E-state index in [1.54, 1.807) is 32.0 Å².